The van der Waals surface area contributed by atoms with Gasteiger partial charge in [0.25, 0.3) is 0 Å². The molecule has 2 aliphatic carbocycles. The first-order valence-corrected chi connectivity index (χ1v) is 9.12. The number of halogens is 2. The van der Waals surface area contributed by atoms with Crippen molar-refractivity contribution in [1.29, 1.82) is 0 Å². The Labute approximate surface area is 138 Å². The lowest BCUT2D eigenvalue weighted by Crippen LogP contribution is -2.25. The summed E-state index contributed by atoms with van der Waals surface area (Å²) < 4.78 is 13.6. The van der Waals surface area contributed by atoms with Crippen molar-refractivity contribution < 1.29 is 4.39 Å². The molecule has 0 nitrogen and oxygen atoms in total. The molecular formula is C20H26ClF. The second-order valence-corrected chi connectivity index (χ2v) is 7.60. The highest BCUT2D eigenvalue weighted by atomic mass is 35.5. The van der Waals surface area contributed by atoms with Crippen LogP contribution in [0.15, 0.2) is 30.9 Å². The average molecular weight is 321 g/mol. The molecule has 0 unspecified atom stereocenters. The zero-order chi connectivity index (χ0) is 15.5. The van der Waals surface area contributed by atoms with Gasteiger partial charge in [0.05, 0.1) is 5.02 Å². The summed E-state index contributed by atoms with van der Waals surface area (Å²) >= 11 is 5.79. The highest BCUT2D eigenvalue weighted by Gasteiger charge is 2.30. The quantitative estimate of drug-likeness (QED) is 0.540. The van der Waals surface area contributed by atoms with E-state index in [0.717, 1.165) is 23.3 Å². The molecule has 0 spiro atoms. The minimum Gasteiger partial charge on any atom is -0.205 e. The molecule has 2 heteroatoms. The molecule has 1 aromatic rings. The van der Waals surface area contributed by atoms with Gasteiger partial charge in [0.15, 0.2) is 0 Å². The maximum absolute atomic E-state index is 13.6. The summed E-state index contributed by atoms with van der Waals surface area (Å²) in [6, 6.07) is 5.35. The molecule has 120 valence electrons. The van der Waals surface area contributed by atoms with Crippen LogP contribution in [0, 0.1) is 23.6 Å². The predicted molar refractivity (Wildman–Crippen MR) is 91.8 cm³/mol. The summed E-state index contributed by atoms with van der Waals surface area (Å²) in [5.74, 6) is 2.81. The van der Waals surface area contributed by atoms with Gasteiger partial charge in [-0.3, -0.25) is 0 Å². The molecule has 0 atom stereocenters. The molecule has 2 aliphatic rings. The standard InChI is InChI=1S/C20H26ClF/c1-2-14-3-5-15(6-4-14)16-7-9-17(10-8-16)18-11-12-19(21)20(22)13-18/h2,11-17H,1,3-10H2/t14-,15-,16-,17-. The summed E-state index contributed by atoms with van der Waals surface area (Å²) in [5.41, 5.74) is 1.13. The van der Waals surface area contributed by atoms with E-state index >= 15 is 0 Å². The lowest BCUT2D eigenvalue weighted by Gasteiger charge is -2.37. The molecule has 0 aromatic heterocycles. The fourth-order valence-electron chi connectivity index (χ4n) is 4.54. The number of hydrogen-bond donors (Lipinski definition) is 0. The Morgan fingerprint density at radius 3 is 2.09 bits per heavy atom. The largest absolute Gasteiger partial charge is 0.205 e. The van der Waals surface area contributed by atoms with E-state index in [9.17, 15) is 4.39 Å². The summed E-state index contributed by atoms with van der Waals surface area (Å²) in [4.78, 5) is 0. The molecule has 3 rings (SSSR count). The lowest BCUT2D eigenvalue weighted by atomic mass is 9.68. The van der Waals surface area contributed by atoms with Crippen molar-refractivity contribution in [2.45, 2.75) is 57.3 Å². The van der Waals surface area contributed by atoms with Crippen LogP contribution < -0.4 is 0 Å². The second kappa shape index (κ2) is 7.17. The fraction of sp³-hybridized carbons (Fsp3) is 0.600. The van der Waals surface area contributed by atoms with Gasteiger partial charge in [0, 0.05) is 0 Å². The Hall–Kier alpha value is -0.820. The Morgan fingerprint density at radius 2 is 1.55 bits per heavy atom. The Bertz CT molecular complexity index is 508. The topological polar surface area (TPSA) is 0 Å². The minimum absolute atomic E-state index is 0.233. The highest BCUT2D eigenvalue weighted by Crippen LogP contribution is 2.44. The smallest absolute Gasteiger partial charge is 0.142 e. The lowest BCUT2D eigenvalue weighted by molar-refractivity contribution is 0.171. The van der Waals surface area contributed by atoms with Gasteiger partial charge < -0.3 is 0 Å². The molecular weight excluding hydrogens is 295 g/mol. The molecule has 0 radical (unpaired) electrons. The number of rotatable bonds is 3. The van der Waals surface area contributed by atoms with Crippen LogP contribution in [0.5, 0.6) is 0 Å². The maximum atomic E-state index is 13.6. The van der Waals surface area contributed by atoms with Gasteiger partial charge in [-0.25, -0.2) is 4.39 Å². The zero-order valence-corrected chi connectivity index (χ0v) is 14.0. The first-order chi connectivity index (χ1) is 10.7. The Balaban J connectivity index is 1.54. The zero-order valence-electron chi connectivity index (χ0n) is 13.2. The van der Waals surface area contributed by atoms with E-state index in [1.807, 2.05) is 6.07 Å². The van der Waals surface area contributed by atoms with Crippen molar-refractivity contribution in [3.05, 3.63) is 47.3 Å². The van der Waals surface area contributed by atoms with Crippen molar-refractivity contribution in [3.63, 3.8) is 0 Å². The van der Waals surface area contributed by atoms with Crippen LogP contribution in [-0.2, 0) is 0 Å². The Kier molecular flexibility index (Phi) is 5.23. The molecule has 0 N–H and O–H groups in total. The predicted octanol–water partition coefficient (Wildman–Crippen LogP) is 6.75. The summed E-state index contributed by atoms with van der Waals surface area (Å²) in [7, 11) is 0. The molecule has 0 heterocycles. The van der Waals surface area contributed by atoms with E-state index in [0.29, 0.717) is 5.92 Å². The van der Waals surface area contributed by atoms with E-state index in [-0.39, 0.29) is 10.8 Å². The van der Waals surface area contributed by atoms with E-state index in [1.54, 1.807) is 12.1 Å². The molecule has 2 fully saturated rings. The second-order valence-electron chi connectivity index (χ2n) is 7.20. The SMILES string of the molecule is C=C[C@H]1CC[C@H]([C@H]2CC[C@H](c3ccc(Cl)c(F)c3)CC2)CC1. The summed E-state index contributed by atoms with van der Waals surface area (Å²) in [6.07, 6.45) is 12.6. The number of allylic oxidation sites excluding steroid dienone is 1. The van der Waals surface area contributed by atoms with E-state index in [1.165, 1.54) is 51.4 Å². The van der Waals surface area contributed by atoms with Crippen LogP contribution in [0.3, 0.4) is 0 Å². The van der Waals surface area contributed by atoms with Crippen molar-refractivity contribution in [3.8, 4) is 0 Å². The van der Waals surface area contributed by atoms with E-state index < -0.39 is 0 Å². The van der Waals surface area contributed by atoms with Crippen LogP contribution in [0.2, 0.25) is 5.02 Å². The van der Waals surface area contributed by atoms with Gasteiger partial charge in [-0.1, -0.05) is 23.7 Å². The fourth-order valence-corrected chi connectivity index (χ4v) is 4.66. The third-order valence-electron chi connectivity index (χ3n) is 6.00. The van der Waals surface area contributed by atoms with Gasteiger partial charge in [-0.15, -0.1) is 6.58 Å². The van der Waals surface area contributed by atoms with Crippen molar-refractivity contribution in [2.24, 2.45) is 17.8 Å². The van der Waals surface area contributed by atoms with Gasteiger partial charge in [-0.05, 0) is 92.7 Å². The van der Waals surface area contributed by atoms with Crippen molar-refractivity contribution >= 4 is 11.6 Å². The number of hydrogen-bond acceptors (Lipinski definition) is 0. The van der Waals surface area contributed by atoms with Gasteiger partial charge in [-0.2, -0.15) is 0 Å². The van der Waals surface area contributed by atoms with Crippen LogP contribution in [0.1, 0.15) is 62.8 Å². The summed E-state index contributed by atoms with van der Waals surface area (Å²) in [6.45, 7) is 3.94. The van der Waals surface area contributed by atoms with E-state index in [4.69, 9.17) is 11.6 Å². The van der Waals surface area contributed by atoms with Gasteiger partial charge >= 0.3 is 0 Å². The maximum Gasteiger partial charge on any atom is 0.142 e. The molecule has 22 heavy (non-hydrogen) atoms. The van der Waals surface area contributed by atoms with Gasteiger partial charge in [0.2, 0.25) is 0 Å². The third-order valence-corrected chi connectivity index (χ3v) is 6.31. The number of benzene rings is 1. The first-order valence-electron chi connectivity index (χ1n) is 8.75. The average Bonchev–Trinajstić information content (AvgIpc) is 2.58. The molecule has 0 saturated heterocycles. The normalized spacial score (nSPS) is 32.6. The Morgan fingerprint density at radius 1 is 0.955 bits per heavy atom. The van der Waals surface area contributed by atoms with Crippen LogP contribution in [0.4, 0.5) is 4.39 Å². The van der Waals surface area contributed by atoms with Crippen molar-refractivity contribution in [2.75, 3.05) is 0 Å². The van der Waals surface area contributed by atoms with Crippen molar-refractivity contribution in [1.82, 2.24) is 0 Å². The minimum atomic E-state index is -0.274. The van der Waals surface area contributed by atoms with Crippen LogP contribution in [0.25, 0.3) is 0 Å². The van der Waals surface area contributed by atoms with Gasteiger partial charge in [0.1, 0.15) is 5.82 Å². The molecule has 2 saturated carbocycles. The first kappa shape index (κ1) is 16.1. The molecule has 0 aliphatic heterocycles. The van der Waals surface area contributed by atoms with Crippen LogP contribution in [-0.4, -0.2) is 0 Å². The molecule has 0 amide bonds. The molecule has 0 bridgehead atoms. The third kappa shape index (κ3) is 3.56. The van der Waals surface area contributed by atoms with E-state index in [2.05, 4.69) is 12.7 Å². The summed E-state index contributed by atoms with van der Waals surface area (Å²) in [5, 5.41) is 0.233. The van der Waals surface area contributed by atoms with Crippen LogP contribution >= 0.6 is 11.6 Å². The monoisotopic (exact) mass is 320 g/mol. The molecule has 1 aromatic carbocycles. The highest BCUT2D eigenvalue weighted by molar-refractivity contribution is 6.30.